The predicted molar refractivity (Wildman–Crippen MR) is 64.2 cm³/mol. The standard InChI is InChI=1S/C12H27NO2/c1-5-13-8-12(4)10-15-7-6-14-9-11(2)3/h11-13H,5-10H2,1-4H3. The molecular weight excluding hydrogens is 190 g/mol. The minimum Gasteiger partial charge on any atom is -0.379 e. The van der Waals surface area contributed by atoms with Crippen molar-refractivity contribution in [2.24, 2.45) is 11.8 Å². The Morgan fingerprint density at radius 2 is 1.60 bits per heavy atom. The Kier molecular flexibility index (Phi) is 10.3. The summed E-state index contributed by atoms with van der Waals surface area (Å²) in [7, 11) is 0. The number of ether oxygens (including phenoxy) is 2. The van der Waals surface area contributed by atoms with Gasteiger partial charge in [0.2, 0.25) is 0 Å². The van der Waals surface area contributed by atoms with E-state index in [0.29, 0.717) is 25.0 Å². The van der Waals surface area contributed by atoms with Crippen LogP contribution in [-0.4, -0.2) is 39.5 Å². The lowest BCUT2D eigenvalue weighted by Crippen LogP contribution is -2.24. The SMILES string of the molecule is CCNCC(C)COCCOCC(C)C. The van der Waals surface area contributed by atoms with Crippen molar-refractivity contribution >= 4 is 0 Å². The Labute approximate surface area is 94.5 Å². The fraction of sp³-hybridized carbons (Fsp3) is 1.00. The maximum Gasteiger partial charge on any atom is 0.0700 e. The van der Waals surface area contributed by atoms with Gasteiger partial charge in [-0.25, -0.2) is 0 Å². The molecule has 3 nitrogen and oxygen atoms in total. The second kappa shape index (κ2) is 10.4. The maximum absolute atomic E-state index is 5.51. The fourth-order valence-electron chi connectivity index (χ4n) is 1.17. The molecule has 0 bridgehead atoms. The molecule has 15 heavy (non-hydrogen) atoms. The summed E-state index contributed by atoms with van der Waals surface area (Å²) in [5, 5.41) is 3.30. The molecule has 92 valence electrons. The van der Waals surface area contributed by atoms with Gasteiger partial charge in [-0.05, 0) is 24.9 Å². The molecule has 0 heterocycles. The van der Waals surface area contributed by atoms with Crippen LogP contribution in [0.25, 0.3) is 0 Å². The fourth-order valence-corrected chi connectivity index (χ4v) is 1.17. The molecule has 0 rings (SSSR count). The van der Waals surface area contributed by atoms with Crippen molar-refractivity contribution in [2.45, 2.75) is 27.7 Å². The van der Waals surface area contributed by atoms with Crippen LogP contribution in [0.5, 0.6) is 0 Å². The van der Waals surface area contributed by atoms with Crippen LogP contribution in [0.15, 0.2) is 0 Å². The summed E-state index contributed by atoms with van der Waals surface area (Å²) in [6.07, 6.45) is 0. The zero-order chi connectivity index (χ0) is 11.5. The van der Waals surface area contributed by atoms with Crippen LogP contribution in [0.1, 0.15) is 27.7 Å². The lowest BCUT2D eigenvalue weighted by atomic mass is 10.2. The monoisotopic (exact) mass is 217 g/mol. The van der Waals surface area contributed by atoms with E-state index in [1.54, 1.807) is 0 Å². The maximum atomic E-state index is 5.51. The summed E-state index contributed by atoms with van der Waals surface area (Å²) in [4.78, 5) is 0. The molecule has 0 aliphatic rings. The molecule has 0 saturated carbocycles. The van der Waals surface area contributed by atoms with Gasteiger partial charge in [-0.2, -0.15) is 0 Å². The van der Waals surface area contributed by atoms with Crippen molar-refractivity contribution in [1.29, 1.82) is 0 Å². The lowest BCUT2D eigenvalue weighted by molar-refractivity contribution is 0.0275. The van der Waals surface area contributed by atoms with Gasteiger partial charge in [-0.15, -0.1) is 0 Å². The number of rotatable bonds is 10. The summed E-state index contributed by atoms with van der Waals surface area (Å²) in [6.45, 7) is 13.7. The van der Waals surface area contributed by atoms with Crippen molar-refractivity contribution in [2.75, 3.05) is 39.5 Å². The first-order valence-corrected chi connectivity index (χ1v) is 6.03. The van der Waals surface area contributed by atoms with Gasteiger partial charge in [-0.1, -0.05) is 27.7 Å². The molecule has 0 aromatic rings. The van der Waals surface area contributed by atoms with Crippen molar-refractivity contribution in [3.63, 3.8) is 0 Å². The van der Waals surface area contributed by atoms with E-state index in [1.807, 2.05) is 0 Å². The highest BCUT2D eigenvalue weighted by molar-refractivity contribution is 4.54. The first-order valence-electron chi connectivity index (χ1n) is 6.03. The van der Waals surface area contributed by atoms with Gasteiger partial charge in [0.25, 0.3) is 0 Å². The van der Waals surface area contributed by atoms with Gasteiger partial charge >= 0.3 is 0 Å². The van der Waals surface area contributed by atoms with Gasteiger partial charge in [0.15, 0.2) is 0 Å². The topological polar surface area (TPSA) is 30.5 Å². The molecular formula is C12H27NO2. The van der Waals surface area contributed by atoms with Gasteiger partial charge in [0.1, 0.15) is 0 Å². The average Bonchev–Trinajstić information content (AvgIpc) is 2.19. The van der Waals surface area contributed by atoms with Gasteiger partial charge < -0.3 is 14.8 Å². The highest BCUT2D eigenvalue weighted by Gasteiger charge is 2.00. The Morgan fingerprint density at radius 1 is 1.00 bits per heavy atom. The molecule has 1 unspecified atom stereocenters. The molecule has 3 heteroatoms. The summed E-state index contributed by atoms with van der Waals surface area (Å²) >= 11 is 0. The number of nitrogens with one attached hydrogen (secondary N) is 1. The third-order valence-corrected chi connectivity index (χ3v) is 1.97. The van der Waals surface area contributed by atoms with Gasteiger partial charge in [0.05, 0.1) is 19.8 Å². The van der Waals surface area contributed by atoms with Crippen LogP contribution in [-0.2, 0) is 9.47 Å². The van der Waals surface area contributed by atoms with Crippen LogP contribution >= 0.6 is 0 Å². The molecule has 0 radical (unpaired) electrons. The van der Waals surface area contributed by atoms with E-state index in [0.717, 1.165) is 26.3 Å². The number of hydrogen-bond donors (Lipinski definition) is 1. The highest BCUT2D eigenvalue weighted by Crippen LogP contribution is 1.95. The minimum absolute atomic E-state index is 0.579. The minimum atomic E-state index is 0.579. The van der Waals surface area contributed by atoms with Crippen molar-refractivity contribution in [3.05, 3.63) is 0 Å². The smallest absolute Gasteiger partial charge is 0.0700 e. The molecule has 0 aliphatic heterocycles. The van der Waals surface area contributed by atoms with Crippen LogP contribution in [0.3, 0.4) is 0 Å². The van der Waals surface area contributed by atoms with Crippen LogP contribution < -0.4 is 5.32 Å². The second-order valence-corrected chi connectivity index (χ2v) is 4.46. The lowest BCUT2D eigenvalue weighted by Gasteiger charge is -2.12. The summed E-state index contributed by atoms with van der Waals surface area (Å²) in [5.41, 5.74) is 0. The second-order valence-electron chi connectivity index (χ2n) is 4.46. The largest absolute Gasteiger partial charge is 0.379 e. The molecule has 1 N–H and O–H groups in total. The molecule has 0 spiro atoms. The Morgan fingerprint density at radius 3 is 2.13 bits per heavy atom. The Bertz CT molecular complexity index is 129. The predicted octanol–water partition coefficient (Wildman–Crippen LogP) is 1.92. The summed E-state index contributed by atoms with van der Waals surface area (Å²) in [5.74, 6) is 1.19. The van der Waals surface area contributed by atoms with E-state index in [2.05, 4.69) is 33.0 Å². The van der Waals surface area contributed by atoms with E-state index in [9.17, 15) is 0 Å². The summed E-state index contributed by atoms with van der Waals surface area (Å²) < 4.78 is 10.9. The normalized spacial score (nSPS) is 13.4. The molecule has 1 atom stereocenters. The van der Waals surface area contributed by atoms with E-state index in [-0.39, 0.29) is 0 Å². The van der Waals surface area contributed by atoms with Crippen LogP contribution in [0.2, 0.25) is 0 Å². The third kappa shape index (κ3) is 11.8. The van der Waals surface area contributed by atoms with Crippen molar-refractivity contribution in [3.8, 4) is 0 Å². The van der Waals surface area contributed by atoms with Crippen LogP contribution in [0, 0.1) is 11.8 Å². The van der Waals surface area contributed by atoms with Crippen molar-refractivity contribution < 1.29 is 9.47 Å². The van der Waals surface area contributed by atoms with E-state index < -0.39 is 0 Å². The first kappa shape index (κ1) is 14.9. The van der Waals surface area contributed by atoms with E-state index >= 15 is 0 Å². The number of hydrogen-bond acceptors (Lipinski definition) is 3. The van der Waals surface area contributed by atoms with Crippen molar-refractivity contribution in [1.82, 2.24) is 5.32 Å². The Hall–Kier alpha value is -0.120. The first-order chi connectivity index (χ1) is 7.16. The van der Waals surface area contributed by atoms with Gasteiger partial charge in [0, 0.05) is 6.61 Å². The molecule has 0 aromatic carbocycles. The molecule has 0 aromatic heterocycles. The third-order valence-electron chi connectivity index (χ3n) is 1.97. The Balaban J connectivity index is 3.09. The average molecular weight is 217 g/mol. The highest BCUT2D eigenvalue weighted by atomic mass is 16.5. The van der Waals surface area contributed by atoms with Gasteiger partial charge in [-0.3, -0.25) is 0 Å². The molecule has 0 amide bonds. The van der Waals surface area contributed by atoms with E-state index in [1.165, 1.54) is 0 Å². The van der Waals surface area contributed by atoms with Crippen LogP contribution in [0.4, 0.5) is 0 Å². The summed E-state index contributed by atoms with van der Waals surface area (Å²) in [6, 6.07) is 0. The zero-order valence-corrected chi connectivity index (χ0v) is 10.7. The molecule has 0 fully saturated rings. The zero-order valence-electron chi connectivity index (χ0n) is 10.7. The van der Waals surface area contributed by atoms with E-state index in [4.69, 9.17) is 9.47 Å². The molecule has 0 aliphatic carbocycles. The molecule has 0 saturated heterocycles. The quantitative estimate of drug-likeness (QED) is 0.567.